The summed E-state index contributed by atoms with van der Waals surface area (Å²) in [4.78, 5) is 14.5. The summed E-state index contributed by atoms with van der Waals surface area (Å²) in [5.41, 5.74) is 0.508. The monoisotopic (exact) mass is 364 g/mol. The number of halogens is 1. The van der Waals surface area contributed by atoms with E-state index < -0.39 is 18.3 Å². The Morgan fingerprint density at radius 1 is 1.28 bits per heavy atom. The largest absolute Gasteiger partial charge is 0.496 e. The molecule has 2 aliphatic heterocycles. The third-order valence-corrected chi connectivity index (χ3v) is 5.97. The van der Waals surface area contributed by atoms with E-state index in [9.17, 15) is 4.79 Å². The van der Waals surface area contributed by atoms with Gasteiger partial charge in [0.2, 0.25) is 0 Å². The van der Waals surface area contributed by atoms with Gasteiger partial charge in [-0.05, 0) is 53.3 Å². The van der Waals surface area contributed by atoms with Gasteiger partial charge in [-0.1, -0.05) is 17.7 Å². The molecule has 1 atom stereocenters. The number of likely N-dealkylation sites (N-methyl/N-ethyl adjacent to an activating group) is 1. The smallest absolute Gasteiger partial charge is 0.399 e. The predicted octanol–water partition coefficient (Wildman–Crippen LogP) is 2.07. The van der Waals surface area contributed by atoms with Crippen LogP contribution >= 0.6 is 11.6 Å². The molecular formula is C18H26BClN2O3. The van der Waals surface area contributed by atoms with Crippen LogP contribution in [0.15, 0.2) is 18.2 Å². The van der Waals surface area contributed by atoms with Gasteiger partial charge in [0.15, 0.2) is 0 Å². The van der Waals surface area contributed by atoms with Gasteiger partial charge in [-0.25, -0.2) is 0 Å². The number of amides is 1. The van der Waals surface area contributed by atoms with E-state index in [0.717, 1.165) is 25.0 Å². The molecule has 0 radical (unpaired) electrons. The summed E-state index contributed by atoms with van der Waals surface area (Å²) in [6, 6.07) is 5.73. The maximum absolute atomic E-state index is 12.7. The molecule has 0 bridgehead atoms. The lowest BCUT2D eigenvalue weighted by atomic mass is 9.78. The second kappa shape index (κ2) is 6.58. The molecule has 1 aromatic rings. The van der Waals surface area contributed by atoms with E-state index in [-0.39, 0.29) is 5.91 Å². The molecule has 1 aromatic carbocycles. The van der Waals surface area contributed by atoms with E-state index >= 15 is 0 Å². The van der Waals surface area contributed by atoms with Crippen LogP contribution < -0.4 is 10.8 Å². The van der Waals surface area contributed by atoms with E-state index in [0.29, 0.717) is 16.6 Å². The van der Waals surface area contributed by atoms with Crippen molar-refractivity contribution >= 4 is 30.1 Å². The minimum absolute atomic E-state index is 0.0140. The lowest BCUT2D eigenvalue weighted by molar-refractivity contribution is 0.00578. The third-order valence-electron chi connectivity index (χ3n) is 5.64. The molecular weight excluding hydrogens is 338 g/mol. The average molecular weight is 365 g/mol. The molecule has 3 rings (SSSR count). The highest BCUT2D eigenvalue weighted by Crippen LogP contribution is 2.37. The van der Waals surface area contributed by atoms with Gasteiger partial charge < -0.3 is 19.5 Å². The molecule has 2 aliphatic rings. The molecule has 7 heteroatoms. The van der Waals surface area contributed by atoms with Crippen LogP contribution in [0.5, 0.6) is 0 Å². The van der Waals surface area contributed by atoms with Gasteiger partial charge in [0.1, 0.15) is 0 Å². The number of hydrogen-bond acceptors (Lipinski definition) is 4. The zero-order valence-electron chi connectivity index (χ0n) is 15.6. The quantitative estimate of drug-likeness (QED) is 0.834. The highest BCUT2D eigenvalue weighted by molar-refractivity contribution is 6.65. The van der Waals surface area contributed by atoms with Crippen molar-refractivity contribution in [3.8, 4) is 0 Å². The molecule has 2 fully saturated rings. The van der Waals surface area contributed by atoms with Gasteiger partial charge in [0.05, 0.1) is 11.2 Å². The van der Waals surface area contributed by atoms with Crippen LogP contribution in [0.25, 0.3) is 0 Å². The van der Waals surface area contributed by atoms with Crippen molar-refractivity contribution in [2.75, 3.05) is 20.1 Å². The summed E-state index contributed by atoms with van der Waals surface area (Å²) in [6.45, 7) is 9.51. The summed E-state index contributed by atoms with van der Waals surface area (Å²) in [5, 5.41) is 3.71. The van der Waals surface area contributed by atoms with Crippen molar-refractivity contribution in [3.05, 3.63) is 28.8 Å². The number of nitrogens with one attached hydrogen (secondary N) is 1. The Labute approximate surface area is 155 Å². The summed E-state index contributed by atoms with van der Waals surface area (Å²) in [5.74, 6) is 0.0140. The molecule has 0 saturated carbocycles. The maximum atomic E-state index is 12.7. The number of hydrogen-bond donors (Lipinski definition) is 1. The van der Waals surface area contributed by atoms with Crippen LogP contribution in [0.1, 0.15) is 44.5 Å². The number of likely N-dealkylation sites (tertiary alicyclic amines) is 1. The Hall–Kier alpha value is -1.08. The van der Waals surface area contributed by atoms with Crippen molar-refractivity contribution < 1.29 is 14.1 Å². The van der Waals surface area contributed by atoms with Crippen LogP contribution in [-0.4, -0.2) is 55.3 Å². The molecule has 5 nitrogen and oxygen atoms in total. The Bertz CT molecular complexity index is 664. The van der Waals surface area contributed by atoms with Crippen molar-refractivity contribution in [2.24, 2.45) is 0 Å². The van der Waals surface area contributed by atoms with Gasteiger partial charge in [0, 0.05) is 35.2 Å². The van der Waals surface area contributed by atoms with Crippen molar-refractivity contribution in [2.45, 2.75) is 51.4 Å². The van der Waals surface area contributed by atoms with Gasteiger partial charge in [-0.2, -0.15) is 0 Å². The van der Waals surface area contributed by atoms with Gasteiger partial charge >= 0.3 is 7.12 Å². The molecule has 136 valence electrons. The SMILES string of the molecule is CN[C@H]1CCN(C(=O)c2ccc(B3OC(C)(C)C(C)(C)O3)c(Cl)c2)C1. The van der Waals surface area contributed by atoms with Crippen LogP contribution in [0.3, 0.4) is 0 Å². The normalized spacial score (nSPS) is 24.8. The highest BCUT2D eigenvalue weighted by atomic mass is 35.5. The molecule has 0 aromatic heterocycles. The molecule has 0 aliphatic carbocycles. The van der Waals surface area contributed by atoms with Crippen LogP contribution in [0.2, 0.25) is 5.02 Å². The lowest BCUT2D eigenvalue weighted by Gasteiger charge is -2.32. The van der Waals surface area contributed by atoms with E-state index in [2.05, 4.69) is 5.32 Å². The standard InChI is InChI=1S/C18H26BClN2O3/c1-17(2)18(3,4)25-19(24-17)14-7-6-12(10-15(14)20)16(23)22-9-8-13(11-22)21-5/h6-7,10,13,21H,8-9,11H2,1-5H3/t13-/m0/s1. The number of carbonyl (C=O) groups is 1. The molecule has 0 spiro atoms. The lowest BCUT2D eigenvalue weighted by Crippen LogP contribution is -2.41. The number of carbonyl (C=O) groups excluding carboxylic acids is 1. The fourth-order valence-electron chi connectivity index (χ4n) is 3.18. The third kappa shape index (κ3) is 3.45. The first kappa shape index (κ1) is 18.7. The molecule has 1 amide bonds. The van der Waals surface area contributed by atoms with Gasteiger partial charge in [-0.3, -0.25) is 4.79 Å². The van der Waals surface area contributed by atoms with E-state index in [4.69, 9.17) is 20.9 Å². The topological polar surface area (TPSA) is 50.8 Å². The fourth-order valence-corrected chi connectivity index (χ4v) is 3.45. The first-order valence-corrected chi connectivity index (χ1v) is 9.14. The first-order chi connectivity index (χ1) is 11.6. The maximum Gasteiger partial charge on any atom is 0.496 e. The van der Waals surface area contributed by atoms with Crippen LogP contribution in [0.4, 0.5) is 0 Å². The summed E-state index contributed by atoms with van der Waals surface area (Å²) in [6.07, 6.45) is 0.974. The van der Waals surface area contributed by atoms with Gasteiger partial charge in [-0.15, -0.1) is 0 Å². The van der Waals surface area contributed by atoms with Gasteiger partial charge in [0.25, 0.3) is 5.91 Å². The van der Waals surface area contributed by atoms with Crippen molar-refractivity contribution in [1.29, 1.82) is 0 Å². The fraction of sp³-hybridized carbons (Fsp3) is 0.611. The molecule has 25 heavy (non-hydrogen) atoms. The Morgan fingerprint density at radius 3 is 2.44 bits per heavy atom. The van der Waals surface area contributed by atoms with Crippen LogP contribution in [-0.2, 0) is 9.31 Å². The molecule has 2 saturated heterocycles. The molecule has 0 unspecified atom stereocenters. The molecule has 2 heterocycles. The summed E-state index contributed by atoms with van der Waals surface area (Å²) in [7, 11) is 1.40. The zero-order valence-corrected chi connectivity index (χ0v) is 16.3. The second-order valence-corrected chi connectivity index (χ2v) is 8.26. The summed E-state index contributed by atoms with van der Waals surface area (Å²) >= 11 is 6.46. The number of benzene rings is 1. The number of nitrogens with zero attached hydrogens (tertiary/aromatic N) is 1. The predicted molar refractivity (Wildman–Crippen MR) is 101 cm³/mol. The Kier molecular flexibility index (Phi) is 4.92. The first-order valence-electron chi connectivity index (χ1n) is 8.76. The van der Waals surface area contributed by atoms with Crippen molar-refractivity contribution in [3.63, 3.8) is 0 Å². The molecule has 1 N–H and O–H groups in total. The summed E-state index contributed by atoms with van der Waals surface area (Å²) < 4.78 is 12.1. The van der Waals surface area contributed by atoms with Crippen molar-refractivity contribution in [1.82, 2.24) is 10.2 Å². The van der Waals surface area contributed by atoms with E-state index in [1.165, 1.54) is 0 Å². The van der Waals surface area contributed by atoms with Crippen LogP contribution in [0, 0.1) is 0 Å². The Morgan fingerprint density at radius 2 is 1.92 bits per heavy atom. The minimum atomic E-state index is -0.526. The highest BCUT2D eigenvalue weighted by Gasteiger charge is 2.52. The zero-order chi connectivity index (χ0) is 18.4. The Balaban J connectivity index is 1.77. The average Bonchev–Trinajstić information content (AvgIpc) is 3.09. The number of rotatable bonds is 3. The second-order valence-electron chi connectivity index (χ2n) is 7.85. The van der Waals surface area contributed by atoms with E-state index in [1.54, 1.807) is 12.1 Å². The minimum Gasteiger partial charge on any atom is -0.399 e. The van der Waals surface area contributed by atoms with E-state index in [1.807, 2.05) is 45.7 Å².